The SMILES string of the molecule is CCCCC(C(=O)O)(c1cc(-c2ccc(OCCC)cc2C(F)(F)F)no1)N1Cc2[nH]c(-c3cccc(F)c3F)nc2C=N1. The van der Waals surface area contributed by atoms with E-state index in [1.165, 1.54) is 41.6 Å². The molecule has 1 atom stereocenters. The number of nitrogens with zero attached hydrogens (tertiary/aromatic N) is 4. The fourth-order valence-electron chi connectivity index (χ4n) is 5.04. The lowest BCUT2D eigenvalue weighted by molar-refractivity contribution is -0.156. The van der Waals surface area contributed by atoms with Crippen LogP contribution in [0.5, 0.6) is 5.75 Å². The molecule has 232 valence electrons. The Morgan fingerprint density at radius 1 is 1.11 bits per heavy atom. The minimum Gasteiger partial charge on any atom is -0.494 e. The third kappa shape index (κ3) is 5.63. The molecule has 0 bridgehead atoms. The van der Waals surface area contributed by atoms with Crippen LogP contribution in [-0.4, -0.2) is 44.0 Å². The van der Waals surface area contributed by atoms with E-state index in [0.29, 0.717) is 25.0 Å². The molecule has 0 saturated carbocycles. The van der Waals surface area contributed by atoms with Crippen LogP contribution >= 0.6 is 0 Å². The number of fused-ring (bicyclic) bond motifs is 1. The van der Waals surface area contributed by atoms with Gasteiger partial charge in [0.15, 0.2) is 17.4 Å². The number of aromatic nitrogens is 3. The maximum absolute atomic E-state index is 14.5. The maximum Gasteiger partial charge on any atom is 0.417 e. The number of alkyl halides is 3. The summed E-state index contributed by atoms with van der Waals surface area (Å²) >= 11 is 0. The van der Waals surface area contributed by atoms with Gasteiger partial charge in [-0.3, -0.25) is 5.01 Å². The fourth-order valence-corrected chi connectivity index (χ4v) is 5.04. The molecule has 1 aliphatic rings. The largest absolute Gasteiger partial charge is 0.494 e. The molecular weight excluding hydrogens is 589 g/mol. The predicted molar refractivity (Wildman–Crippen MR) is 149 cm³/mol. The number of carboxylic acid groups (broad SMARTS) is 1. The Hall–Kier alpha value is -4.75. The van der Waals surface area contributed by atoms with E-state index in [-0.39, 0.29) is 59.4 Å². The quantitative estimate of drug-likeness (QED) is 0.172. The Morgan fingerprint density at radius 2 is 1.91 bits per heavy atom. The molecule has 1 unspecified atom stereocenters. The third-order valence-electron chi connectivity index (χ3n) is 7.29. The van der Waals surface area contributed by atoms with Crippen molar-refractivity contribution in [3.63, 3.8) is 0 Å². The fraction of sp³-hybridized carbons (Fsp3) is 0.333. The number of aliphatic carboxylic acids is 1. The highest BCUT2D eigenvalue weighted by Crippen LogP contribution is 2.43. The molecule has 3 heterocycles. The summed E-state index contributed by atoms with van der Waals surface area (Å²) in [7, 11) is 0. The van der Waals surface area contributed by atoms with E-state index in [4.69, 9.17) is 9.26 Å². The second-order valence-electron chi connectivity index (χ2n) is 10.3. The lowest BCUT2D eigenvalue weighted by Gasteiger charge is -2.37. The summed E-state index contributed by atoms with van der Waals surface area (Å²) in [6, 6.07) is 8.26. The summed E-state index contributed by atoms with van der Waals surface area (Å²) in [6.45, 7) is 3.74. The summed E-state index contributed by atoms with van der Waals surface area (Å²) in [5.74, 6) is -3.72. The molecule has 0 amide bonds. The van der Waals surface area contributed by atoms with Crippen molar-refractivity contribution in [2.24, 2.45) is 5.10 Å². The number of aromatic amines is 1. The second kappa shape index (κ2) is 12.1. The van der Waals surface area contributed by atoms with Crippen molar-refractivity contribution in [1.82, 2.24) is 20.1 Å². The van der Waals surface area contributed by atoms with E-state index in [9.17, 15) is 31.9 Å². The Balaban J connectivity index is 1.54. The number of ether oxygens (including phenoxy) is 1. The molecule has 2 aromatic carbocycles. The van der Waals surface area contributed by atoms with Crippen LogP contribution in [0.3, 0.4) is 0 Å². The van der Waals surface area contributed by atoms with Gasteiger partial charge in [-0.05, 0) is 43.2 Å². The number of carbonyl (C=O) groups is 1. The minimum atomic E-state index is -4.76. The number of hydrazone groups is 1. The van der Waals surface area contributed by atoms with Gasteiger partial charge in [-0.15, -0.1) is 0 Å². The average Bonchev–Trinajstić information content (AvgIpc) is 3.65. The first-order valence-corrected chi connectivity index (χ1v) is 13.9. The van der Waals surface area contributed by atoms with Crippen LogP contribution in [0.25, 0.3) is 22.6 Å². The van der Waals surface area contributed by atoms with Gasteiger partial charge in [-0.25, -0.2) is 18.6 Å². The van der Waals surface area contributed by atoms with E-state index < -0.39 is 34.9 Å². The number of halogens is 5. The molecular formula is C30H28F5N5O4. The zero-order valence-corrected chi connectivity index (χ0v) is 23.7. The molecule has 14 heteroatoms. The monoisotopic (exact) mass is 617 g/mol. The highest BCUT2D eigenvalue weighted by atomic mass is 19.4. The molecule has 0 spiro atoms. The van der Waals surface area contributed by atoms with Crippen LogP contribution in [0.1, 0.15) is 62.2 Å². The molecule has 2 N–H and O–H groups in total. The molecule has 44 heavy (non-hydrogen) atoms. The van der Waals surface area contributed by atoms with Gasteiger partial charge in [0.2, 0.25) is 5.54 Å². The number of unbranched alkanes of at least 4 members (excludes halogenated alkanes) is 1. The topological polar surface area (TPSA) is 117 Å². The molecule has 1 aliphatic heterocycles. The van der Waals surface area contributed by atoms with Crippen molar-refractivity contribution in [2.45, 2.75) is 57.8 Å². The normalized spacial score (nSPS) is 14.4. The van der Waals surface area contributed by atoms with Crippen molar-refractivity contribution >= 4 is 12.2 Å². The van der Waals surface area contributed by atoms with E-state index in [1.54, 1.807) is 0 Å². The van der Waals surface area contributed by atoms with Gasteiger partial charge < -0.3 is 19.4 Å². The highest BCUT2D eigenvalue weighted by molar-refractivity contribution is 5.84. The molecule has 0 radical (unpaired) electrons. The summed E-state index contributed by atoms with van der Waals surface area (Å²) in [6.07, 6.45) is -1.94. The molecule has 0 saturated heterocycles. The van der Waals surface area contributed by atoms with E-state index in [1.807, 2.05) is 13.8 Å². The number of rotatable bonds is 11. The van der Waals surface area contributed by atoms with Crippen LogP contribution in [0.15, 0.2) is 52.1 Å². The van der Waals surface area contributed by atoms with E-state index in [2.05, 4.69) is 20.2 Å². The van der Waals surface area contributed by atoms with Crippen LogP contribution in [-0.2, 0) is 23.1 Å². The number of H-pyrrole nitrogens is 1. The van der Waals surface area contributed by atoms with Crippen LogP contribution < -0.4 is 4.74 Å². The van der Waals surface area contributed by atoms with E-state index >= 15 is 0 Å². The van der Waals surface area contributed by atoms with Gasteiger partial charge in [0.1, 0.15) is 23.0 Å². The Labute approximate surface area is 248 Å². The maximum atomic E-state index is 14.5. The number of hydrogen-bond acceptors (Lipinski definition) is 7. The number of hydrogen-bond donors (Lipinski definition) is 2. The van der Waals surface area contributed by atoms with Gasteiger partial charge in [-0.2, -0.15) is 18.3 Å². The van der Waals surface area contributed by atoms with Crippen LogP contribution in [0.4, 0.5) is 22.0 Å². The van der Waals surface area contributed by atoms with Crippen LogP contribution in [0.2, 0.25) is 0 Å². The number of nitrogens with one attached hydrogen (secondary N) is 1. The Bertz CT molecular complexity index is 1700. The summed E-state index contributed by atoms with van der Waals surface area (Å²) in [5.41, 5.74) is -3.00. The standard InChI is InChI=1S/C30H28F5N5O4/c1-3-5-11-29(28(41)42,40-16-24-23(15-36-40)37-27(38-24)19-7-6-8-21(31)26(19)32)25-14-22(39-44-25)18-10-9-17(43-12-4-2)13-20(18)30(33,34)35/h6-10,13-15H,3-5,11-12,16H2,1-2H3,(H,37,38)(H,41,42). The zero-order valence-electron chi connectivity index (χ0n) is 23.7. The second-order valence-corrected chi connectivity index (χ2v) is 10.3. The van der Waals surface area contributed by atoms with Crippen LogP contribution in [0, 0.1) is 11.6 Å². The summed E-state index contributed by atoms with van der Waals surface area (Å²) in [4.78, 5) is 20.2. The first kappa shape index (κ1) is 30.7. The molecule has 9 nitrogen and oxygen atoms in total. The summed E-state index contributed by atoms with van der Waals surface area (Å²) in [5, 5.41) is 20.0. The number of imidazole rings is 1. The van der Waals surface area contributed by atoms with Crippen molar-refractivity contribution in [1.29, 1.82) is 0 Å². The highest BCUT2D eigenvalue weighted by Gasteiger charge is 2.50. The predicted octanol–water partition coefficient (Wildman–Crippen LogP) is 7.14. The van der Waals surface area contributed by atoms with Gasteiger partial charge in [-0.1, -0.05) is 37.9 Å². The smallest absolute Gasteiger partial charge is 0.417 e. The van der Waals surface area contributed by atoms with Crippen molar-refractivity contribution in [3.8, 4) is 28.4 Å². The summed E-state index contributed by atoms with van der Waals surface area (Å²) < 4.78 is 81.4. The lowest BCUT2D eigenvalue weighted by Crippen LogP contribution is -2.50. The van der Waals surface area contributed by atoms with Crippen molar-refractivity contribution < 1.29 is 41.1 Å². The molecule has 2 aromatic heterocycles. The third-order valence-corrected chi connectivity index (χ3v) is 7.29. The van der Waals surface area contributed by atoms with Crippen molar-refractivity contribution in [2.75, 3.05) is 6.61 Å². The van der Waals surface area contributed by atoms with Gasteiger partial charge >= 0.3 is 12.1 Å². The Morgan fingerprint density at radius 3 is 2.61 bits per heavy atom. The average molecular weight is 618 g/mol. The van der Waals surface area contributed by atoms with E-state index in [0.717, 1.165) is 12.1 Å². The number of carboxylic acids is 1. The van der Waals surface area contributed by atoms with Crippen molar-refractivity contribution in [3.05, 3.63) is 76.8 Å². The van der Waals surface area contributed by atoms with Gasteiger partial charge in [0.25, 0.3) is 0 Å². The van der Waals surface area contributed by atoms with Gasteiger partial charge in [0.05, 0.1) is 36.2 Å². The number of benzene rings is 2. The Kier molecular flexibility index (Phi) is 8.44. The molecule has 0 fully saturated rings. The zero-order chi connectivity index (χ0) is 31.6. The first-order chi connectivity index (χ1) is 21.0. The molecule has 5 rings (SSSR count). The first-order valence-electron chi connectivity index (χ1n) is 13.9. The minimum absolute atomic E-state index is 0.0165. The van der Waals surface area contributed by atoms with Gasteiger partial charge in [0, 0.05) is 11.6 Å². The molecule has 0 aliphatic carbocycles. The lowest BCUT2D eigenvalue weighted by atomic mass is 9.87. The molecule has 4 aromatic rings.